The highest BCUT2D eigenvalue weighted by Crippen LogP contribution is 2.27. The average molecular weight is 276 g/mol. The van der Waals surface area contributed by atoms with Crippen LogP contribution in [0.1, 0.15) is 5.82 Å². The van der Waals surface area contributed by atoms with Crippen LogP contribution in [-0.2, 0) is 11.3 Å². The van der Waals surface area contributed by atoms with Crippen molar-refractivity contribution in [3.8, 4) is 0 Å². The van der Waals surface area contributed by atoms with Crippen molar-refractivity contribution in [2.24, 2.45) is 0 Å². The molecule has 0 atom stereocenters. The summed E-state index contributed by atoms with van der Waals surface area (Å²) in [5, 5.41) is 3.26. The maximum Gasteiger partial charge on any atom is 0.158 e. The Labute approximate surface area is 116 Å². The second-order valence-electron chi connectivity index (χ2n) is 3.85. The van der Waals surface area contributed by atoms with E-state index < -0.39 is 0 Å². The number of anilines is 3. The molecule has 19 heavy (non-hydrogen) atoms. The summed E-state index contributed by atoms with van der Waals surface area (Å²) in [6.45, 7) is 0.337. The molecule has 1 heterocycles. The Morgan fingerprint density at radius 2 is 2.11 bits per heavy atom. The first kappa shape index (κ1) is 13.6. The van der Waals surface area contributed by atoms with E-state index in [0.29, 0.717) is 24.1 Å². The van der Waals surface area contributed by atoms with Crippen molar-refractivity contribution in [2.75, 3.05) is 24.4 Å². The number of rotatable bonds is 5. The Bertz CT molecular complexity index is 562. The molecule has 1 aromatic heterocycles. The van der Waals surface area contributed by atoms with Gasteiger partial charge in [-0.05, 0) is 18.4 Å². The number of para-hydroxylation sites is 1. The highest BCUT2D eigenvalue weighted by atomic mass is 32.2. The van der Waals surface area contributed by atoms with Crippen molar-refractivity contribution < 1.29 is 4.74 Å². The molecule has 2 rings (SSSR count). The van der Waals surface area contributed by atoms with Crippen LogP contribution in [0.5, 0.6) is 0 Å². The lowest BCUT2D eigenvalue weighted by atomic mass is 10.3. The predicted octanol–water partition coefficient (Wildman–Crippen LogP) is 2.67. The second-order valence-corrected chi connectivity index (χ2v) is 4.70. The van der Waals surface area contributed by atoms with E-state index in [0.717, 1.165) is 10.6 Å². The van der Waals surface area contributed by atoms with Gasteiger partial charge in [0.2, 0.25) is 0 Å². The first-order valence-electron chi connectivity index (χ1n) is 5.75. The van der Waals surface area contributed by atoms with Crippen molar-refractivity contribution >= 4 is 29.1 Å². The van der Waals surface area contributed by atoms with Gasteiger partial charge in [0.1, 0.15) is 18.2 Å². The molecule has 5 nitrogen and oxygen atoms in total. The number of thioether (sulfide) groups is 1. The number of hydrogen-bond donors (Lipinski definition) is 2. The quantitative estimate of drug-likeness (QED) is 0.818. The largest absolute Gasteiger partial charge is 0.384 e. The first-order chi connectivity index (χ1) is 9.22. The van der Waals surface area contributed by atoms with Gasteiger partial charge in [0.25, 0.3) is 0 Å². The second kappa shape index (κ2) is 6.40. The number of ether oxygens (including phenoxy) is 1. The molecule has 2 aromatic rings. The highest BCUT2D eigenvalue weighted by molar-refractivity contribution is 7.98. The van der Waals surface area contributed by atoms with E-state index in [9.17, 15) is 0 Å². The summed E-state index contributed by atoms with van der Waals surface area (Å²) in [6, 6.07) is 9.73. The van der Waals surface area contributed by atoms with Gasteiger partial charge in [0, 0.05) is 18.1 Å². The van der Waals surface area contributed by atoms with Crippen molar-refractivity contribution in [3.63, 3.8) is 0 Å². The zero-order chi connectivity index (χ0) is 13.7. The van der Waals surface area contributed by atoms with Gasteiger partial charge < -0.3 is 15.8 Å². The van der Waals surface area contributed by atoms with Gasteiger partial charge in [0.15, 0.2) is 5.82 Å². The minimum absolute atomic E-state index is 0.337. The summed E-state index contributed by atoms with van der Waals surface area (Å²) in [6.07, 6.45) is 2.03. The molecule has 0 unspecified atom stereocenters. The number of nitrogens with two attached hydrogens (primary N) is 1. The third-order valence-corrected chi connectivity index (χ3v) is 3.23. The number of hydrogen-bond acceptors (Lipinski definition) is 6. The van der Waals surface area contributed by atoms with Crippen LogP contribution < -0.4 is 11.1 Å². The molecule has 0 amide bonds. The van der Waals surface area contributed by atoms with E-state index in [1.807, 2.05) is 30.5 Å². The molecular formula is C13H16N4OS. The molecule has 6 heteroatoms. The van der Waals surface area contributed by atoms with Crippen molar-refractivity contribution in [1.29, 1.82) is 0 Å². The van der Waals surface area contributed by atoms with Crippen LogP contribution in [0.3, 0.4) is 0 Å². The number of nitrogens with one attached hydrogen (secondary N) is 1. The molecule has 0 spiro atoms. The van der Waals surface area contributed by atoms with E-state index in [1.165, 1.54) is 0 Å². The number of methoxy groups -OCH3 is 1. The lowest BCUT2D eigenvalue weighted by Gasteiger charge is -2.11. The van der Waals surface area contributed by atoms with Gasteiger partial charge in [-0.25, -0.2) is 9.97 Å². The molecule has 0 radical (unpaired) electrons. The summed E-state index contributed by atoms with van der Waals surface area (Å²) >= 11 is 1.67. The molecule has 0 saturated heterocycles. The van der Waals surface area contributed by atoms with Crippen molar-refractivity contribution in [3.05, 3.63) is 36.2 Å². The fourth-order valence-electron chi connectivity index (χ4n) is 1.66. The predicted molar refractivity (Wildman–Crippen MR) is 78.7 cm³/mol. The zero-order valence-electron chi connectivity index (χ0n) is 10.9. The fraction of sp³-hybridized carbons (Fsp3) is 0.231. The molecule has 100 valence electrons. The fourth-order valence-corrected chi connectivity index (χ4v) is 2.21. The Balaban J connectivity index is 2.27. The smallest absolute Gasteiger partial charge is 0.158 e. The van der Waals surface area contributed by atoms with Crippen molar-refractivity contribution in [1.82, 2.24) is 9.97 Å². The Morgan fingerprint density at radius 3 is 2.84 bits per heavy atom. The molecule has 0 aliphatic carbocycles. The van der Waals surface area contributed by atoms with E-state index >= 15 is 0 Å². The van der Waals surface area contributed by atoms with Crippen LogP contribution >= 0.6 is 11.8 Å². The van der Waals surface area contributed by atoms with Gasteiger partial charge >= 0.3 is 0 Å². The minimum Gasteiger partial charge on any atom is -0.384 e. The van der Waals surface area contributed by atoms with Gasteiger partial charge in [-0.15, -0.1) is 11.8 Å². The van der Waals surface area contributed by atoms with Gasteiger partial charge in [-0.1, -0.05) is 12.1 Å². The van der Waals surface area contributed by atoms with Gasteiger partial charge in [-0.3, -0.25) is 0 Å². The molecule has 3 N–H and O–H groups in total. The maximum absolute atomic E-state index is 5.76. The van der Waals surface area contributed by atoms with Crippen molar-refractivity contribution in [2.45, 2.75) is 11.5 Å². The van der Waals surface area contributed by atoms with Crippen LogP contribution in [0.4, 0.5) is 17.3 Å². The van der Waals surface area contributed by atoms with E-state index in [4.69, 9.17) is 10.5 Å². The summed E-state index contributed by atoms with van der Waals surface area (Å²) < 4.78 is 5.02. The summed E-state index contributed by atoms with van der Waals surface area (Å²) in [5.41, 5.74) is 6.76. The zero-order valence-corrected chi connectivity index (χ0v) is 11.7. The molecule has 0 bridgehead atoms. The molecule has 0 aliphatic rings. The standard InChI is InChI=1S/C13H16N4OS/c1-18-8-13-16-11(14)7-12(17-13)15-9-5-3-4-6-10(9)19-2/h3-7H,8H2,1-2H3,(H3,14,15,16,17). The molecular weight excluding hydrogens is 260 g/mol. The highest BCUT2D eigenvalue weighted by Gasteiger charge is 2.05. The Morgan fingerprint density at radius 1 is 1.32 bits per heavy atom. The third kappa shape index (κ3) is 3.59. The number of aromatic nitrogens is 2. The topological polar surface area (TPSA) is 73.1 Å². The van der Waals surface area contributed by atoms with Gasteiger partial charge in [-0.2, -0.15) is 0 Å². The molecule has 0 aliphatic heterocycles. The maximum atomic E-state index is 5.76. The Kier molecular flexibility index (Phi) is 4.59. The van der Waals surface area contributed by atoms with Crippen LogP contribution in [0, 0.1) is 0 Å². The average Bonchev–Trinajstić information content (AvgIpc) is 2.39. The van der Waals surface area contributed by atoms with Crippen LogP contribution in [0.15, 0.2) is 35.2 Å². The van der Waals surface area contributed by atoms with Crippen LogP contribution in [0.2, 0.25) is 0 Å². The summed E-state index contributed by atoms with van der Waals surface area (Å²) in [7, 11) is 1.60. The normalized spacial score (nSPS) is 10.4. The SMILES string of the molecule is COCc1nc(N)cc(Nc2ccccc2SC)n1. The number of nitrogen functional groups attached to an aromatic ring is 1. The van der Waals surface area contributed by atoms with Crippen LogP contribution in [0.25, 0.3) is 0 Å². The lowest BCUT2D eigenvalue weighted by molar-refractivity contribution is 0.178. The Hall–Kier alpha value is -1.79. The monoisotopic (exact) mass is 276 g/mol. The van der Waals surface area contributed by atoms with E-state index in [2.05, 4.69) is 15.3 Å². The number of benzene rings is 1. The summed E-state index contributed by atoms with van der Waals surface area (Å²) in [5.74, 6) is 1.65. The van der Waals surface area contributed by atoms with E-state index in [1.54, 1.807) is 24.9 Å². The summed E-state index contributed by atoms with van der Waals surface area (Å²) in [4.78, 5) is 9.61. The molecule has 0 saturated carbocycles. The lowest BCUT2D eigenvalue weighted by Crippen LogP contribution is -2.04. The van der Waals surface area contributed by atoms with Crippen LogP contribution in [-0.4, -0.2) is 23.3 Å². The third-order valence-electron chi connectivity index (χ3n) is 2.44. The van der Waals surface area contributed by atoms with Gasteiger partial charge in [0.05, 0.1) is 5.69 Å². The van der Waals surface area contributed by atoms with E-state index in [-0.39, 0.29) is 0 Å². The molecule has 0 fully saturated rings. The minimum atomic E-state index is 0.337. The molecule has 1 aromatic carbocycles. The first-order valence-corrected chi connectivity index (χ1v) is 6.98. The number of nitrogens with zero attached hydrogens (tertiary/aromatic N) is 2.